The van der Waals surface area contributed by atoms with Gasteiger partial charge in [0, 0.05) is 12.1 Å². The fourth-order valence-electron chi connectivity index (χ4n) is 4.65. The van der Waals surface area contributed by atoms with Crippen molar-refractivity contribution in [3.63, 3.8) is 0 Å². The third kappa shape index (κ3) is 5.18. The van der Waals surface area contributed by atoms with Crippen LogP contribution in [0.1, 0.15) is 57.6 Å². The molecule has 7 nitrogen and oxygen atoms in total. The van der Waals surface area contributed by atoms with Gasteiger partial charge < -0.3 is 19.5 Å². The summed E-state index contributed by atoms with van der Waals surface area (Å²) in [5.74, 6) is -1.43. The summed E-state index contributed by atoms with van der Waals surface area (Å²) in [7, 11) is 1.31. The SMILES string of the molecule is CCCOc1ccc(/C(O)=C2\C(=O)C(=O)N(Cc3ccc(C(=O)OC)cc3)C2c2ccccc2C)cc1C. The van der Waals surface area contributed by atoms with E-state index in [1.807, 2.05) is 45.0 Å². The van der Waals surface area contributed by atoms with E-state index in [1.54, 1.807) is 42.5 Å². The minimum atomic E-state index is -0.784. The molecule has 1 N–H and O–H groups in total. The summed E-state index contributed by atoms with van der Waals surface area (Å²) < 4.78 is 10.5. The van der Waals surface area contributed by atoms with Crippen LogP contribution in [-0.2, 0) is 20.9 Å². The normalized spacial score (nSPS) is 16.5. The number of benzene rings is 3. The lowest BCUT2D eigenvalue weighted by Crippen LogP contribution is -2.29. The standard InChI is InChI=1S/C31H31NO6/c1-5-16-38-25-15-14-23(17-20(25)3)28(33)26-27(24-9-7-6-8-19(24)2)32(30(35)29(26)34)18-21-10-12-22(13-11-21)31(36)37-4/h6-15,17,27,33H,5,16,18H2,1-4H3/b28-26+. The van der Waals surface area contributed by atoms with E-state index in [-0.39, 0.29) is 17.9 Å². The van der Waals surface area contributed by atoms with Gasteiger partial charge in [0.05, 0.1) is 30.9 Å². The molecule has 1 aliphatic heterocycles. The van der Waals surface area contributed by atoms with Crippen LogP contribution in [0.3, 0.4) is 0 Å². The van der Waals surface area contributed by atoms with Crippen LogP contribution in [-0.4, -0.2) is 41.4 Å². The predicted molar refractivity (Wildman–Crippen MR) is 144 cm³/mol. The Labute approximate surface area is 222 Å². The number of ether oxygens (including phenoxy) is 2. The van der Waals surface area contributed by atoms with Crippen LogP contribution in [0.25, 0.3) is 5.76 Å². The number of aryl methyl sites for hydroxylation is 2. The van der Waals surface area contributed by atoms with E-state index in [2.05, 4.69) is 0 Å². The number of ketones is 1. The first-order chi connectivity index (χ1) is 18.3. The number of likely N-dealkylation sites (tertiary alicyclic amines) is 1. The Morgan fingerprint density at radius 3 is 2.26 bits per heavy atom. The topological polar surface area (TPSA) is 93.1 Å². The molecule has 0 saturated carbocycles. The van der Waals surface area contributed by atoms with Crippen molar-refractivity contribution in [2.24, 2.45) is 0 Å². The van der Waals surface area contributed by atoms with Gasteiger partial charge in [-0.25, -0.2) is 4.79 Å². The van der Waals surface area contributed by atoms with Gasteiger partial charge in [-0.15, -0.1) is 0 Å². The Hall–Kier alpha value is -4.39. The molecule has 0 aliphatic carbocycles. The van der Waals surface area contributed by atoms with Crippen molar-refractivity contribution in [1.82, 2.24) is 4.90 Å². The Balaban J connectivity index is 1.78. The predicted octanol–water partition coefficient (Wildman–Crippen LogP) is 5.50. The van der Waals surface area contributed by atoms with Crippen molar-refractivity contribution in [1.29, 1.82) is 0 Å². The van der Waals surface area contributed by atoms with Gasteiger partial charge in [-0.2, -0.15) is 0 Å². The number of esters is 1. The first-order valence-electron chi connectivity index (χ1n) is 12.5. The quantitative estimate of drug-likeness (QED) is 0.185. The highest BCUT2D eigenvalue weighted by Gasteiger charge is 2.46. The fraction of sp³-hybridized carbons (Fsp3) is 0.258. The fourth-order valence-corrected chi connectivity index (χ4v) is 4.65. The molecule has 1 saturated heterocycles. The second kappa shape index (κ2) is 11.3. The Morgan fingerprint density at radius 1 is 0.947 bits per heavy atom. The molecule has 3 aromatic rings. The number of rotatable bonds is 8. The average Bonchev–Trinajstić information content (AvgIpc) is 3.17. The third-order valence-corrected chi connectivity index (χ3v) is 6.66. The van der Waals surface area contributed by atoms with Gasteiger partial charge in [0.15, 0.2) is 0 Å². The number of amides is 1. The number of methoxy groups -OCH3 is 1. The molecule has 1 heterocycles. The van der Waals surface area contributed by atoms with Crippen molar-refractivity contribution in [3.8, 4) is 5.75 Å². The molecule has 1 atom stereocenters. The zero-order chi connectivity index (χ0) is 27.4. The van der Waals surface area contributed by atoms with Gasteiger partial charge >= 0.3 is 5.97 Å². The number of carbonyl (C=O) groups excluding carboxylic acids is 3. The van der Waals surface area contributed by atoms with Crippen molar-refractivity contribution >= 4 is 23.4 Å². The van der Waals surface area contributed by atoms with Crippen molar-refractivity contribution < 1.29 is 29.0 Å². The lowest BCUT2D eigenvalue weighted by molar-refractivity contribution is -0.140. The first-order valence-corrected chi connectivity index (χ1v) is 12.5. The third-order valence-electron chi connectivity index (χ3n) is 6.66. The molecular formula is C31H31NO6. The van der Waals surface area contributed by atoms with E-state index in [0.717, 1.165) is 28.7 Å². The second-order valence-electron chi connectivity index (χ2n) is 9.30. The lowest BCUT2D eigenvalue weighted by Gasteiger charge is -2.26. The van der Waals surface area contributed by atoms with Crippen LogP contribution >= 0.6 is 0 Å². The lowest BCUT2D eigenvalue weighted by atomic mass is 9.92. The number of aliphatic hydroxyl groups excluding tert-OH is 1. The van der Waals surface area contributed by atoms with Crippen molar-refractivity contribution in [2.45, 2.75) is 39.8 Å². The highest BCUT2D eigenvalue weighted by atomic mass is 16.5. The zero-order valence-corrected chi connectivity index (χ0v) is 22.0. The first kappa shape index (κ1) is 26.7. The van der Waals surface area contributed by atoms with E-state index in [4.69, 9.17) is 9.47 Å². The molecule has 0 radical (unpaired) electrons. The average molecular weight is 514 g/mol. The van der Waals surface area contributed by atoms with E-state index in [0.29, 0.717) is 23.5 Å². The van der Waals surface area contributed by atoms with Crippen LogP contribution in [0.2, 0.25) is 0 Å². The number of aliphatic hydroxyl groups is 1. The van der Waals surface area contributed by atoms with Crippen LogP contribution in [0.4, 0.5) is 0 Å². The van der Waals surface area contributed by atoms with E-state index in [1.165, 1.54) is 12.0 Å². The molecule has 3 aromatic carbocycles. The maximum absolute atomic E-state index is 13.4. The van der Waals surface area contributed by atoms with Crippen LogP contribution in [0.5, 0.6) is 5.75 Å². The summed E-state index contributed by atoms with van der Waals surface area (Å²) in [6.45, 7) is 6.49. The Kier molecular flexibility index (Phi) is 7.96. The summed E-state index contributed by atoms with van der Waals surface area (Å²) in [6.07, 6.45) is 0.868. The van der Waals surface area contributed by atoms with Crippen molar-refractivity contribution in [3.05, 3.63) is 106 Å². The van der Waals surface area contributed by atoms with Gasteiger partial charge in [-0.3, -0.25) is 9.59 Å². The molecule has 196 valence electrons. The zero-order valence-electron chi connectivity index (χ0n) is 22.0. The Bertz CT molecular complexity index is 1410. The summed E-state index contributed by atoms with van der Waals surface area (Å²) in [5, 5.41) is 11.4. The largest absolute Gasteiger partial charge is 0.507 e. The van der Waals surface area contributed by atoms with Crippen molar-refractivity contribution in [2.75, 3.05) is 13.7 Å². The molecule has 1 amide bonds. The number of Topliss-reactive ketones (excluding diaryl/α,β-unsaturated/α-hetero) is 1. The van der Waals surface area contributed by atoms with E-state index in [9.17, 15) is 19.5 Å². The highest BCUT2D eigenvalue weighted by Crippen LogP contribution is 2.41. The molecule has 0 spiro atoms. The molecule has 4 rings (SSSR count). The number of hydrogen-bond acceptors (Lipinski definition) is 6. The van der Waals surface area contributed by atoms with Gasteiger partial charge in [-0.1, -0.05) is 43.3 Å². The van der Waals surface area contributed by atoms with Gasteiger partial charge in [-0.05, 0) is 72.9 Å². The molecule has 1 aliphatic rings. The van der Waals surface area contributed by atoms with Crippen LogP contribution in [0, 0.1) is 13.8 Å². The highest BCUT2D eigenvalue weighted by molar-refractivity contribution is 6.46. The van der Waals surface area contributed by atoms with Gasteiger partial charge in [0.25, 0.3) is 11.7 Å². The number of carbonyl (C=O) groups is 3. The summed E-state index contributed by atoms with van der Waals surface area (Å²) in [4.78, 5) is 40.0. The Morgan fingerprint density at radius 2 is 1.63 bits per heavy atom. The minimum Gasteiger partial charge on any atom is -0.507 e. The maximum atomic E-state index is 13.4. The molecule has 0 aromatic heterocycles. The monoisotopic (exact) mass is 513 g/mol. The molecular weight excluding hydrogens is 482 g/mol. The van der Waals surface area contributed by atoms with E-state index < -0.39 is 23.7 Å². The van der Waals surface area contributed by atoms with Crippen LogP contribution < -0.4 is 4.74 Å². The van der Waals surface area contributed by atoms with E-state index >= 15 is 0 Å². The minimum absolute atomic E-state index is 0.0390. The van der Waals surface area contributed by atoms with Gasteiger partial charge in [0.2, 0.25) is 0 Å². The molecule has 7 heteroatoms. The van der Waals surface area contributed by atoms with Crippen LogP contribution in [0.15, 0.2) is 72.3 Å². The summed E-state index contributed by atoms with van der Waals surface area (Å²) in [6, 6.07) is 18.6. The van der Waals surface area contributed by atoms with Gasteiger partial charge in [0.1, 0.15) is 11.5 Å². The molecule has 1 fully saturated rings. The molecule has 0 bridgehead atoms. The second-order valence-corrected chi connectivity index (χ2v) is 9.30. The summed E-state index contributed by atoms with van der Waals surface area (Å²) in [5.41, 5.74) is 4.04. The summed E-state index contributed by atoms with van der Waals surface area (Å²) >= 11 is 0. The smallest absolute Gasteiger partial charge is 0.337 e. The molecule has 38 heavy (non-hydrogen) atoms. The maximum Gasteiger partial charge on any atom is 0.337 e. The molecule has 1 unspecified atom stereocenters. The number of hydrogen-bond donors (Lipinski definition) is 1. The number of nitrogens with zero attached hydrogens (tertiary/aromatic N) is 1.